The van der Waals surface area contributed by atoms with Crippen LogP contribution in [-0.4, -0.2) is 31.9 Å². The fourth-order valence-electron chi connectivity index (χ4n) is 2.81. The highest BCUT2D eigenvalue weighted by molar-refractivity contribution is 6.09. The average Bonchev–Trinajstić information content (AvgIpc) is 3.16. The van der Waals surface area contributed by atoms with E-state index in [0.717, 1.165) is 4.90 Å². The van der Waals surface area contributed by atoms with Gasteiger partial charge in [0, 0.05) is 11.8 Å². The third-order valence-electron chi connectivity index (χ3n) is 4.15. The molecule has 0 saturated carbocycles. The van der Waals surface area contributed by atoms with E-state index >= 15 is 0 Å². The van der Waals surface area contributed by atoms with E-state index in [1.807, 2.05) is 0 Å². The Morgan fingerprint density at radius 1 is 1.11 bits per heavy atom. The maximum Gasteiger partial charge on any atom is 0.314 e. The predicted molar refractivity (Wildman–Crippen MR) is 87.5 cm³/mol. The summed E-state index contributed by atoms with van der Waals surface area (Å²) in [6, 6.07) is 10.1. The zero-order chi connectivity index (χ0) is 19.0. The molecule has 7 nitrogen and oxygen atoms in total. The third-order valence-corrected chi connectivity index (χ3v) is 4.15. The van der Waals surface area contributed by atoms with Crippen LogP contribution in [0.4, 0.5) is 8.78 Å². The minimum Gasteiger partial charge on any atom is -0.415 e. The number of hydrogen-bond donors (Lipinski definition) is 0. The minimum atomic E-state index is -2.85. The van der Waals surface area contributed by atoms with E-state index in [1.54, 1.807) is 36.4 Å². The van der Waals surface area contributed by atoms with Crippen LogP contribution in [0.15, 0.2) is 47.0 Å². The second kappa shape index (κ2) is 6.67. The molecule has 0 radical (unpaired) electrons. The van der Waals surface area contributed by atoms with Gasteiger partial charge in [0.1, 0.15) is 0 Å². The fraction of sp³-hybridized carbons (Fsp3) is 0.167. The van der Waals surface area contributed by atoms with Gasteiger partial charge in [-0.2, -0.15) is 8.78 Å². The van der Waals surface area contributed by atoms with Gasteiger partial charge in [0.25, 0.3) is 11.8 Å². The number of carbonyl (C=O) groups is 2. The lowest BCUT2D eigenvalue weighted by Gasteiger charge is -2.26. The Kier molecular flexibility index (Phi) is 4.19. The van der Waals surface area contributed by atoms with Crippen molar-refractivity contribution in [2.45, 2.75) is 19.4 Å². The standard InChI is InChI=1S/C18H12F2N4O3/c19-15(20)17-23-22-16(27-17)11-5-6-12(21-8-11)9-24-14(25)7-10-3-1-2-4-13(10)18(24)26/h1-6,8,15H,7,9H2. The molecule has 0 N–H and O–H groups in total. The highest BCUT2D eigenvalue weighted by atomic mass is 19.3. The zero-order valence-corrected chi connectivity index (χ0v) is 13.8. The smallest absolute Gasteiger partial charge is 0.314 e. The molecule has 4 rings (SSSR count). The van der Waals surface area contributed by atoms with Crippen molar-refractivity contribution in [1.82, 2.24) is 20.1 Å². The summed E-state index contributed by atoms with van der Waals surface area (Å²) in [7, 11) is 0. The number of rotatable bonds is 4. The molecule has 1 aliphatic heterocycles. The molecular weight excluding hydrogens is 358 g/mol. The Labute approximate surface area is 151 Å². The molecular formula is C18H12F2N4O3. The van der Waals surface area contributed by atoms with E-state index in [9.17, 15) is 18.4 Å². The Morgan fingerprint density at radius 2 is 1.93 bits per heavy atom. The Hall–Kier alpha value is -3.49. The molecule has 2 aromatic heterocycles. The largest absolute Gasteiger partial charge is 0.415 e. The van der Waals surface area contributed by atoms with Gasteiger partial charge in [-0.15, -0.1) is 10.2 Å². The molecule has 1 aliphatic rings. The number of carbonyl (C=O) groups excluding carboxylic acids is 2. The van der Waals surface area contributed by atoms with Crippen molar-refractivity contribution >= 4 is 11.8 Å². The molecule has 0 aliphatic carbocycles. The number of amides is 2. The number of nitrogens with zero attached hydrogens (tertiary/aromatic N) is 4. The van der Waals surface area contributed by atoms with Crippen molar-refractivity contribution in [2.24, 2.45) is 0 Å². The van der Waals surface area contributed by atoms with Gasteiger partial charge in [-0.1, -0.05) is 18.2 Å². The molecule has 27 heavy (non-hydrogen) atoms. The third kappa shape index (κ3) is 3.19. The van der Waals surface area contributed by atoms with Crippen LogP contribution in [-0.2, 0) is 17.8 Å². The van der Waals surface area contributed by atoms with E-state index in [-0.39, 0.29) is 30.7 Å². The Bertz CT molecular complexity index is 1020. The van der Waals surface area contributed by atoms with E-state index in [2.05, 4.69) is 15.2 Å². The second-order valence-electron chi connectivity index (χ2n) is 5.90. The maximum atomic E-state index is 12.6. The lowest BCUT2D eigenvalue weighted by molar-refractivity contribution is -0.128. The molecule has 1 aromatic carbocycles. The van der Waals surface area contributed by atoms with Gasteiger partial charge in [-0.3, -0.25) is 19.5 Å². The van der Waals surface area contributed by atoms with Crippen LogP contribution in [0.1, 0.15) is 33.9 Å². The zero-order valence-electron chi connectivity index (χ0n) is 13.8. The van der Waals surface area contributed by atoms with Gasteiger partial charge in [-0.05, 0) is 23.8 Å². The monoisotopic (exact) mass is 370 g/mol. The van der Waals surface area contributed by atoms with Gasteiger partial charge in [0.05, 0.1) is 24.2 Å². The number of hydrogen-bond acceptors (Lipinski definition) is 6. The normalized spacial score (nSPS) is 14.0. The summed E-state index contributed by atoms with van der Waals surface area (Å²) in [4.78, 5) is 30.2. The predicted octanol–water partition coefficient (Wildman–Crippen LogP) is 2.79. The number of fused-ring (bicyclic) bond motifs is 1. The van der Waals surface area contributed by atoms with Crippen LogP contribution in [0.3, 0.4) is 0 Å². The van der Waals surface area contributed by atoms with Crippen molar-refractivity contribution in [2.75, 3.05) is 0 Å². The highest BCUT2D eigenvalue weighted by Crippen LogP contribution is 2.24. The molecule has 9 heteroatoms. The van der Waals surface area contributed by atoms with Gasteiger partial charge in [0.2, 0.25) is 11.8 Å². The maximum absolute atomic E-state index is 12.6. The quantitative estimate of drug-likeness (QED) is 0.656. The van der Waals surface area contributed by atoms with Crippen LogP contribution >= 0.6 is 0 Å². The van der Waals surface area contributed by atoms with Crippen molar-refractivity contribution in [3.63, 3.8) is 0 Å². The van der Waals surface area contributed by atoms with Crippen LogP contribution in [0.25, 0.3) is 11.5 Å². The number of aromatic nitrogens is 3. The number of benzene rings is 1. The summed E-state index contributed by atoms with van der Waals surface area (Å²) in [5.74, 6) is -1.52. The number of pyridine rings is 1. The van der Waals surface area contributed by atoms with E-state index in [1.165, 1.54) is 6.20 Å². The summed E-state index contributed by atoms with van der Waals surface area (Å²) < 4.78 is 29.9. The lowest BCUT2D eigenvalue weighted by atomic mass is 9.98. The topological polar surface area (TPSA) is 89.2 Å². The molecule has 0 fully saturated rings. The molecule has 0 saturated heterocycles. The highest BCUT2D eigenvalue weighted by Gasteiger charge is 2.30. The van der Waals surface area contributed by atoms with E-state index in [4.69, 9.17) is 4.42 Å². The second-order valence-corrected chi connectivity index (χ2v) is 5.90. The van der Waals surface area contributed by atoms with Crippen LogP contribution in [0.2, 0.25) is 0 Å². The van der Waals surface area contributed by atoms with E-state index in [0.29, 0.717) is 22.4 Å². The summed E-state index contributed by atoms with van der Waals surface area (Å²) >= 11 is 0. The SMILES string of the molecule is O=C1Cc2ccccc2C(=O)N1Cc1ccc(-c2nnc(C(F)F)o2)cn1. The first kappa shape index (κ1) is 17.0. The molecule has 0 spiro atoms. The minimum absolute atomic E-state index is 0.0123. The molecule has 0 bridgehead atoms. The van der Waals surface area contributed by atoms with Crippen LogP contribution < -0.4 is 0 Å². The van der Waals surface area contributed by atoms with Gasteiger partial charge < -0.3 is 4.42 Å². The van der Waals surface area contributed by atoms with Crippen molar-refractivity contribution in [1.29, 1.82) is 0 Å². The van der Waals surface area contributed by atoms with Gasteiger partial charge in [0.15, 0.2) is 0 Å². The summed E-state index contributed by atoms with van der Waals surface area (Å²) in [5, 5.41) is 6.80. The first-order valence-corrected chi connectivity index (χ1v) is 8.02. The van der Waals surface area contributed by atoms with Crippen molar-refractivity contribution < 1.29 is 22.8 Å². The van der Waals surface area contributed by atoms with Gasteiger partial charge >= 0.3 is 6.43 Å². The molecule has 0 atom stereocenters. The number of imide groups is 1. The Balaban J connectivity index is 1.53. The summed E-state index contributed by atoms with van der Waals surface area (Å²) in [5.41, 5.74) is 2.03. The van der Waals surface area contributed by atoms with Crippen LogP contribution in [0, 0.1) is 0 Å². The lowest BCUT2D eigenvalue weighted by Crippen LogP contribution is -2.41. The summed E-state index contributed by atoms with van der Waals surface area (Å²) in [6.45, 7) is 0.0123. The molecule has 2 amide bonds. The van der Waals surface area contributed by atoms with Crippen molar-refractivity contribution in [3.05, 3.63) is 65.3 Å². The molecule has 3 aromatic rings. The Morgan fingerprint density at radius 3 is 2.63 bits per heavy atom. The number of alkyl halides is 2. The van der Waals surface area contributed by atoms with Crippen LogP contribution in [0.5, 0.6) is 0 Å². The van der Waals surface area contributed by atoms with E-state index < -0.39 is 12.3 Å². The molecule has 0 unspecified atom stereocenters. The van der Waals surface area contributed by atoms with Crippen molar-refractivity contribution in [3.8, 4) is 11.5 Å². The fourth-order valence-corrected chi connectivity index (χ4v) is 2.81. The number of halogens is 2. The summed E-state index contributed by atoms with van der Waals surface area (Å²) in [6.07, 6.45) is -1.33. The molecule has 136 valence electrons. The van der Waals surface area contributed by atoms with Gasteiger partial charge in [-0.25, -0.2) is 0 Å². The average molecular weight is 370 g/mol. The first-order valence-electron chi connectivity index (χ1n) is 8.02. The molecule has 3 heterocycles. The first-order chi connectivity index (χ1) is 13.0.